The fraction of sp³-hybridized carbons (Fsp3) is 1.00. The summed E-state index contributed by atoms with van der Waals surface area (Å²) in [5.74, 6) is 0. The molecule has 1 aliphatic rings. The van der Waals surface area contributed by atoms with Crippen LogP contribution in [0.4, 0.5) is 0 Å². The van der Waals surface area contributed by atoms with E-state index in [1.165, 1.54) is 6.42 Å². The van der Waals surface area contributed by atoms with E-state index in [1.807, 2.05) is 0 Å². The van der Waals surface area contributed by atoms with Crippen LogP contribution in [0, 0.1) is 0 Å². The second kappa shape index (κ2) is 4.37. The van der Waals surface area contributed by atoms with Gasteiger partial charge in [0.15, 0.2) is 0 Å². The third-order valence-corrected chi connectivity index (χ3v) is 4.58. The largest absolute Gasteiger partial charge is 0.395 e. The normalized spacial score (nSPS) is 34.2. The highest BCUT2D eigenvalue weighted by Crippen LogP contribution is 2.23. The first-order chi connectivity index (χ1) is 5.66. The summed E-state index contributed by atoms with van der Waals surface area (Å²) in [6.45, 7) is 2.78. The standard InChI is InChI=1S/C8H18O3Si/c1-8(12-7(10)6-9)4-2-3-5-11-8/h7,9-10H,2-6,12H2,1H3. The van der Waals surface area contributed by atoms with E-state index in [4.69, 9.17) is 9.84 Å². The molecule has 1 saturated heterocycles. The molecule has 3 nitrogen and oxygen atoms in total. The highest BCUT2D eigenvalue weighted by molar-refractivity contribution is 6.41. The van der Waals surface area contributed by atoms with Gasteiger partial charge in [-0.05, 0) is 26.2 Å². The molecule has 0 amide bonds. The summed E-state index contributed by atoms with van der Waals surface area (Å²) in [4.78, 5) is 0. The Bertz CT molecular complexity index is 134. The Morgan fingerprint density at radius 3 is 2.83 bits per heavy atom. The number of rotatable bonds is 3. The van der Waals surface area contributed by atoms with Gasteiger partial charge in [0.25, 0.3) is 0 Å². The summed E-state index contributed by atoms with van der Waals surface area (Å²) in [5.41, 5.74) is -0.493. The van der Waals surface area contributed by atoms with Crippen molar-refractivity contribution in [1.29, 1.82) is 0 Å². The minimum Gasteiger partial charge on any atom is -0.395 e. The molecule has 72 valence electrons. The van der Waals surface area contributed by atoms with Gasteiger partial charge in [0.2, 0.25) is 0 Å². The number of aliphatic hydroxyl groups is 2. The lowest BCUT2D eigenvalue weighted by Gasteiger charge is -2.34. The average molecular weight is 190 g/mol. The molecular weight excluding hydrogens is 172 g/mol. The summed E-state index contributed by atoms with van der Waals surface area (Å²) < 4.78 is 5.63. The highest BCUT2D eigenvalue weighted by atomic mass is 28.2. The number of hydrogen-bond donors (Lipinski definition) is 2. The van der Waals surface area contributed by atoms with Crippen LogP contribution in [0.3, 0.4) is 0 Å². The Balaban J connectivity index is 2.35. The smallest absolute Gasteiger partial charge is 0.0960 e. The van der Waals surface area contributed by atoms with Crippen molar-refractivity contribution in [3.63, 3.8) is 0 Å². The molecule has 1 fully saturated rings. The molecule has 0 aromatic rings. The molecule has 2 N–H and O–H groups in total. The molecule has 0 saturated carbocycles. The molecule has 12 heavy (non-hydrogen) atoms. The summed E-state index contributed by atoms with van der Waals surface area (Å²) in [5, 5.41) is 17.9. The lowest BCUT2D eigenvalue weighted by Crippen LogP contribution is -2.45. The van der Waals surface area contributed by atoms with Crippen LogP contribution in [0.2, 0.25) is 0 Å². The quantitative estimate of drug-likeness (QED) is 0.583. The zero-order valence-electron chi connectivity index (χ0n) is 7.62. The summed E-state index contributed by atoms with van der Waals surface area (Å²) >= 11 is 0. The Kier molecular flexibility index (Phi) is 3.70. The van der Waals surface area contributed by atoms with Crippen molar-refractivity contribution in [3.05, 3.63) is 0 Å². The first-order valence-corrected chi connectivity index (χ1v) is 6.11. The van der Waals surface area contributed by atoms with Crippen molar-refractivity contribution in [3.8, 4) is 0 Å². The average Bonchev–Trinajstić information content (AvgIpc) is 2.05. The zero-order valence-corrected chi connectivity index (χ0v) is 9.04. The van der Waals surface area contributed by atoms with Crippen LogP contribution in [-0.4, -0.2) is 43.9 Å². The van der Waals surface area contributed by atoms with Crippen molar-refractivity contribution in [1.82, 2.24) is 0 Å². The van der Waals surface area contributed by atoms with Gasteiger partial charge in [-0.3, -0.25) is 0 Å². The monoisotopic (exact) mass is 190 g/mol. The summed E-state index contributed by atoms with van der Waals surface area (Å²) in [7, 11) is -0.723. The molecule has 1 aliphatic heterocycles. The van der Waals surface area contributed by atoms with Gasteiger partial charge in [0.05, 0.1) is 27.1 Å². The maximum absolute atomic E-state index is 9.31. The van der Waals surface area contributed by atoms with Crippen molar-refractivity contribution >= 4 is 9.52 Å². The van der Waals surface area contributed by atoms with Gasteiger partial charge in [-0.15, -0.1) is 0 Å². The number of hydrogen-bond acceptors (Lipinski definition) is 3. The zero-order chi connectivity index (χ0) is 9.03. The van der Waals surface area contributed by atoms with E-state index in [1.54, 1.807) is 0 Å². The van der Waals surface area contributed by atoms with Crippen LogP contribution in [0.1, 0.15) is 26.2 Å². The highest BCUT2D eigenvalue weighted by Gasteiger charge is 2.30. The molecule has 0 aromatic heterocycles. The molecule has 2 unspecified atom stereocenters. The van der Waals surface area contributed by atoms with Crippen LogP contribution < -0.4 is 0 Å². The van der Waals surface area contributed by atoms with E-state index >= 15 is 0 Å². The van der Waals surface area contributed by atoms with E-state index in [-0.39, 0.29) is 11.8 Å². The minimum absolute atomic E-state index is 0.0691. The van der Waals surface area contributed by atoms with Crippen molar-refractivity contribution in [2.75, 3.05) is 13.2 Å². The van der Waals surface area contributed by atoms with Gasteiger partial charge >= 0.3 is 0 Å². The SMILES string of the molecule is CC1([SiH2]C(O)CO)CCCCO1. The van der Waals surface area contributed by atoms with Gasteiger partial charge in [0, 0.05) is 6.61 Å². The lowest BCUT2D eigenvalue weighted by atomic mass is 10.1. The molecular formula is C8H18O3Si. The van der Waals surface area contributed by atoms with Crippen molar-refractivity contribution in [2.45, 2.75) is 37.1 Å². The van der Waals surface area contributed by atoms with E-state index in [0.717, 1.165) is 19.4 Å². The summed E-state index contributed by atoms with van der Waals surface area (Å²) in [6.07, 6.45) is 3.39. The first-order valence-electron chi connectivity index (χ1n) is 4.59. The van der Waals surface area contributed by atoms with Gasteiger partial charge in [-0.25, -0.2) is 0 Å². The van der Waals surface area contributed by atoms with Crippen LogP contribution in [0.25, 0.3) is 0 Å². The fourth-order valence-electron chi connectivity index (χ4n) is 1.72. The maximum atomic E-state index is 9.31. The predicted molar refractivity (Wildman–Crippen MR) is 49.8 cm³/mol. The maximum Gasteiger partial charge on any atom is 0.0960 e. The predicted octanol–water partition coefficient (Wildman–Crippen LogP) is -0.617. The molecule has 0 radical (unpaired) electrons. The summed E-state index contributed by atoms with van der Waals surface area (Å²) in [6, 6.07) is 0. The van der Waals surface area contributed by atoms with Crippen LogP contribution in [0.15, 0.2) is 0 Å². The third kappa shape index (κ3) is 2.86. The molecule has 2 atom stereocenters. The van der Waals surface area contributed by atoms with E-state index in [0.29, 0.717) is 0 Å². The van der Waals surface area contributed by atoms with Gasteiger partial charge < -0.3 is 14.9 Å². The molecule has 1 heterocycles. The Morgan fingerprint density at radius 1 is 1.58 bits per heavy atom. The Labute approximate surface area is 75.6 Å². The molecule has 4 heteroatoms. The second-order valence-electron chi connectivity index (χ2n) is 3.80. The fourth-order valence-corrected chi connectivity index (χ4v) is 3.56. The van der Waals surface area contributed by atoms with E-state index in [9.17, 15) is 5.11 Å². The lowest BCUT2D eigenvalue weighted by molar-refractivity contribution is -0.0125. The Morgan fingerprint density at radius 2 is 2.33 bits per heavy atom. The first kappa shape index (κ1) is 10.2. The minimum atomic E-state index is -0.723. The van der Waals surface area contributed by atoms with Crippen LogP contribution in [-0.2, 0) is 4.74 Å². The van der Waals surface area contributed by atoms with Gasteiger partial charge in [0.1, 0.15) is 0 Å². The second-order valence-corrected chi connectivity index (χ2v) is 6.64. The van der Waals surface area contributed by atoms with E-state index in [2.05, 4.69) is 6.92 Å². The van der Waals surface area contributed by atoms with Gasteiger partial charge in [-0.2, -0.15) is 0 Å². The van der Waals surface area contributed by atoms with Crippen LogP contribution in [0.5, 0.6) is 0 Å². The van der Waals surface area contributed by atoms with Crippen molar-refractivity contribution in [2.24, 2.45) is 0 Å². The number of aliphatic hydroxyl groups excluding tert-OH is 2. The molecule has 0 spiro atoms. The topological polar surface area (TPSA) is 49.7 Å². The number of ether oxygens (including phenoxy) is 1. The molecule has 1 rings (SSSR count). The molecule has 0 aliphatic carbocycles. The third-order valence-electron chi connectivity index (χ3n) is 2.43. The van der Waals surface area contributed by atoms with E-state index < -0.39 is 15.2 Å². The Hall–Kier alpha value is 0.0969. The van der Waals surface area contributed by atoms with Gasteiger partial charge in [-0.1, -0.05) is 0 Å². The van der Waals surface area contributed by atoms with Crippen LogP contribution >= 0.6 is 0 Å². The molecule has 0 bridgehead atoms. The molecule has 0 aromatic carbocycles. The van der Waals surface area contributed by atoms with Crippen molar-refractivity contribution < 1.29 is 14.9 Å².